The molecule has 9 heteroatoms. The molecule has 0 aliphatic rings. The Morgan fingerprint density at radius 2 is 1.89 bits per heavy atom. The third kappa shape index (κ3) is 4.91. The molecule has 2 aromatic heterocycles. The molecule has 0 unspecified atom stereocenters. The Morgan fingerprint density at radius 1 is 1.14 bits per heavy atom. The molecule has 0 aliphatic carbocycles. The minimum atomic E-state index is -3.90. The van der Waals surface area contributed by atoms with Crippen molar-refractivity contribution in [1.29, 1.82) is 0 Å². The molecule has 8 nitrogen and oxygen atoms in total. The molecule has 0 radical (unpaired) electrons. The fraction of sp³-hybridized carbons (Fsp3) is 0.259. The van der Waals surface area contributed by atoms with Crippen LogP contribution in [0.1, 0.15) is 23.6 Å². The number of aromatic nitrogens is 3. The molecule has 0 saturated heterocycles. The van der Waals surface area contributed by atoms with Crippen molar-refractivity contribution >= 4 is 32.6 Å². The van der Waals surface area contributed by atoms with E-state index in [0.29, 0.717) is 23.3 Å². The van der Waals surface area contributed by atoms with E-state index in [1.807, 2.05) is 38.1 Å². The molecule has 0 saturated carbocycles. The van der Waals surface area contributed by atoms with E-state index in [9.17, 15) is 8.42 Å². The summed E-state index contributed by atoms with van der Waals surface area (Å²) >= 11 is 0. The molecular formula is C27H29N5O3S. The molecule has 4 aromatic rings. The van der Waals surface area contributed by atoms with Gasteiger partial charge in [-0.05, 0) is 62.8 Å². The van der Waals surface area contributed by atoms with Crippen molar-refractivity contribution in [2.75, 3.05) is 33.1 Å². The number of hydrogen-bond acceptors (Lipinski definition) is 7. The first-order valence-corrected chi connectivity index (χ1v) is 12.9. The SMILES string of the molecule is CCc1cc(Nc2ncnc3c2c(C#CCN(C)C)cn3S(=O)(=O)c2ccccc2)cc(C)c1OC. The molecule has 4 rings (SSSR count). The van der Waals surface area contributed by atoms with Gasteiger partial charge in [-0.1, -0.05) is 37.0 Å². The molecule has 2 aromatic carbocycles. The molecule has 186 valence electrons. The van der Waals surface area contributed by atoms with Crippen LogP contribution in [0, 0.1) is 18.8 Å². The summed E-state index contributed by atoms with van der Waals surface area (Å²) in [4.78, 5) is 10.9. The van der Waals surface area contributed by atoms with Gasteiger partial charge in [0.15, 0.2) is 5.65 Å². The second-order valence-corrected chi connectivity index (χ2v) is 10.4. The van der Waals surface area contributed by atoms with E-state index in [-0.39, 0.29) is 10.5 Å². The first-order chi connectivity index (χ1) is 17.3. The van der Waals surface area contributed by atoms with Gasteiger partial charge < -0.3 is 10.1 Å². The standard InChI is InChI=1S/C27H29N5O3S/c1-6-20-16-22(15-19(2)25(20)35-5)30-26-24-21(11-10-14-31(3)4)17-32(27(24)29-18-28-26)36(33,34)23-12-8-7-9-13-23/h7-9,12-13,15-18H,6,14H2,1-5H3,(H,28,29,30). The summed E-state index contributed by atoms with van der Waals surface area (Å²) in [6, 6.07) is 12.3. The lowest BCUT2D eigenvalue weighted by Crippen LogP contribution is -2.12. The maximum absolute atomic E-state index is 13.5. The highest BCUT2D eigenvalue weighted by molar-refractivity contribution is 7.90. The van der Waals surface area contributed by atoms with Crippen LogP contribution in [0.15, 0.2) is 59.9 Å². The van der Waals surface area contributed by atoms with Crippen LogP contribution in [0.5, 0.6) is 5.75 Å². The molecule has 0 bridgehead atoms. The van der Waals surface area contributed by atoms with Crippen LogP contribution in [0.25, 0.3) is 11.0 Å². The molecule has 0 spiro atoms. The predicted molar refractivity (Wildman–Crippen MR) is 142 cm³/mol. The smallest absolute Gasteiger partial charge is 0.269 e. The van der Waals surface area contributed by atoms with Crippen molar-refractivity contribution in [3.63, 3.8) is 0 Å². The van der Waals surface area contributed by atoms with Crippen molar-refractivity contribution in [3.8, 4) is 17.6 Å². The Morgan fingerprint density at radius 3 is 2.56 bits per heavy atom. The number of benzene rings is 2. The largest absolute Gasteiger partial charge is 0.496 e. The summed E-state index contributed by atoms with van der Waals surface area (Å²) < 4.78 is 33.8. The summed E-state index contributed by atoms with van der Waals surface area (Å²) in [5.41, 5.74) is 3.64. The first kappa shape index (κ1) is 25.2. The van der Waals surface area contributed by atoms with Gasteiger partial charge in [-0.15, -0.1) is 0 Å². The van der Waals surface area contributed by atoms with E-state index < -0.39 is 10.0 Å². The van der Waals surface area contributed by atoms with Gasteiger partial charge >= 0.3 is 0 Å². The zero-order chi connectivity index (χ0) is 25.9. The normalized spacial score (nSPS) is 11.4. The molecule has 0 fully saturated rings. The molecular weight excluding hydrogens is 474 g/mol. The van der Waals surface area contributed by atoms with Gasteiger partial charge in [0.2, 0.25) is 0 Å². The zero-order valence-corrected chi connectivity index (χ0v) is 21.8. The Kier molecular flexibility index (Phi) is 7.29. The van der Waals surface area contributed by atoms with Crippen molar-refractivity contribution < 1.29 is 13.2 Å². The number of anilines is 2. The van der Waals surface area contributed by atoms with E-state index in [1.54, 1.807) is 37.4 Å². The van der Waals surface area contributed by atoms with Crippen molar-refractivity contribution in [2.45, 2.75) is 25.2 Å². The van der Waals surface area contributed by atoms with Gasteiger partial charge in [-0.25, -0.2) is 22.4 Å². The second-order valence-electron chi connectivity index (χ2n) is 8.58. The van der Waals surface area contributed by atoms with Gasteiger partial charge in [0.1, 0.15) is 17.9 Å². The molecule has 2 heterocycles. The average molecular weight is 504 g/mol. The van der Waals surface area contributed by atoms with Crippen molar-refractivity contribution in [3.05, 3.63) is 71.7 Å². The fourth-order valence-corrected chi connectivity index (χ4v) is 5.36. The third-order valence-corrected chi connectivity index (χ3v) is 7.33. The maximum atomic E-state index is 13.5. The van der Waals surface area contributed by atoms with Gasteiger partial charge in [0.25, 0.3) is 10.0 Å². The summed E-state index contributed by atoms with van der Waals surface area (Å²) in [5, 5.41) is 3.90. The van der Waals surface area contributed by atoms with Crippen LogP contribution in [0.3, 0.4) is 0 Å². The maximum Gasteiger partial charge on any atom is 0.269 e. The van der Waals surface area contributed by atoms with Gasteiger partial charge in [-0.2, -0.15) is 0 Å². The minimum absolute atomic E-state index is 0.168. The predicted octanol–water partition coefficient (Wildman–Crippen LogP) is 4.20. The third-order valence-electron chi connectivity index (χ3n) is 5.67. The number of methoxy groups -OCH3 is 1. The topological polar surface area (TPSA) is 89.4 Å². The van der Waals surface area contributed by atoms with E-state index >= 15 is 0 Å². The van der Waals surface area contributed by atoms with Crippen LogP contribution >= 0.6 is 0 Å². The molecule has 0 atom stereocenters. The summed E-state index contributed by atoms with van der Waals surface area (Å²) in [5.74, 6) is 7.55. The number of fused-ring (bicyclic) bond motifs is 1. The van der Waals surface area contributed by atoms with E-state index in [0.717, 1.165) is 29.0 Å². The summed E-state index contributed by atoms with van der Waals surface area (Å²) in [6.45, 7) is 4.57. The van der Waals surface area contributed by atoms with Gasteiger partial charge in [-0.3, -0.25) is 4.90 Å². The average Bonchev–Trinajstić information content (AvgIpc) is 3.24. The lowest BCUT2D eigenvalue weighted by molar-refractivity contribution is 0.407. The Labute approximate surface area is 212 Å². The van der Waals surface area contributed by atoms with E-state index in [1.165, 1.54) is 16.5 Å². The Balaban J connectivity index is 1.91. The van der Waals surface area contributed by atoms with E-state index in [4.69, 9.17) is 4.74 Å². The summed E-state index contributed by atoms with van der Waals surface area (Å²) in [6.07, 6.45) is 3.67. The molecule has 0 amide bonds. The lowest BCUT2D eigenvalue weighted by Gasteiger charge is -2.14. The first-order valence-electron chi connectivity index (χ1n) is 11.5. The van der Waals surface area contributed by atoms with Crippen LogP contribution in [0.2, 0.25) is 0 Å². The molecule has 36 heavy (non-hydrogen) atoms. The Bertz CT molecular complexity index is 1570. The van der Waals surface area contributed by atoms with Crippen LogP contribution < -0.4 is 10.1 Å². The lowest BCUT2D eigenvalue weighted by atomic mass is 10.1. The van der Waals surface area contributed by atoms with Gasteiger partial charge in [0, 0.05) is 11.9 Å². The van der Waals surface area contributed by atoms with Crippen molar-refractivity contribution in [2.24, 2.45) is 0 Å². The number of nitrogens with zero attached hydrogens (tertiary/aromatic N) is 4. The minimum Gasteiger partial charge on any atom is -0.496 e. The second kappa shape index (κ2) is 10.4. The quantitative estimate of drug-likeness (QED) is 0.378. The highest BCUT2D eigenvalue weighted by Gasteiger charge is 2.24. The number of ether oxygens (including phenoxy) is 1. The van der Waals surface area contributed by atoms with E-state index in [2.05, 4.69) is 34.0 Å². The highest BCUT2D eigenvalue weighted by atomic mass is 32.2. The van der Waals surface area contributed by atoms with Crippen LogP contribution in [-0.2, 0) is 16.4 Å². The zero-order valence-electron chi connectivity index (χ0n) is 21.0. The number of nitrogens with one attached hydrogen (secondary N) is 1. The highest BCUT2D eigenvalue weighted by Crippen LogP contribution is 2.33. The monoisotopic (exact) mass is 503 g/mol. The van der Waals surface area contributed by atoms with Crippen LogP contribution in [0.4, 0.5) is 11.5 Å². The summed E-state index contributed by atoms with van der Waals surface area (Å²) in [7, 11) is 1.61. The fourth-order valence-electron chi connectivity index (χ4n) is 4.02. The number of aryl methyl sites for hydroxylation is 2. The number of rotatable bonds is 7. The van der Waals surface area contributed by atoms with Crippen molar-refractivity contribution in [1.82, 2.24) is 18.8 Å². The molecule has 1 N–H and O–H groups in total. The molecule has 0 aliphatic heterocycles. The van der Waals surface area contributed by atoms with Crippen LogP contribution in [-0.4, -0.2) is 55.0 Å². The number of hydrogen-bond donors (Lipinski definition) is 1. The van der Waals surface area contributed by atoms with Gasteiger partial charge in [0.05, 0.1) is 29.5 Å². The Hall–Kier alpha value is -3.87.